The van der Waals surface area contributed by atoms with Crippen LogP contribution < -0.4 is 4.74 Å². The van der Waals surface area contributed by atoms with Crippen molar-refractivity contribution in [3.8, 4) is 5.75 Å². The largest absolute Gasteiger partial charge is 0.484 e. The van der Waals surface area contributed by atoms with E-state index in [4.69, 9.17) is 9.72 Å². The zero-order valence-corrected chi connectivity index (χ0v) is 12.5. The van der Waals surface area contributed by atoms with Crippen LogP contribution in [0.4, 0.5) is 0 Å². The van der Waals surface area contributed by atoms with Crippen LogP contribution in [0.5, 0.6) is 5.75 Å². The van der Waals surface area contributed by atoms with Crippen molar-refractivity contribution in [2.45, 2.75) is 12.0 Å². The van der Waals surface area contributed by atoms with Crippen molar-refractivity contribution < 1.29 is 4.74 Å². The lowest BCUT2D eigenvalue weighted by atomic mass is 9.86. The Kier molecular flexibility index (Phi) is 2.65. The van der Waals surface area contributed by atoms with Crippen LogP contribution in [0.3, 0.4) is 0 Å². The molecule has 23 heavy (non-hydrogen) atoms. The number of fused-ring (bicyclic) bond motifs is 4. The predicted octanol–water partition coefficient (Wildman–Crippen LogP) is 4.73. The quantitative estimate of drug-likeness (QED) is 0.647. The standard InChI is InChI=1S/C21H15NO/c1-3-10-18-14(6-1)12-13-19(22-18)17-9-5-8-16-15-7-2-4-11-20(15)23-21(16)17/h1-13,16,21H. The van der Waals surface area contributed by atoms with E-state index >= 15 is 0 Å². The van der Waals surface area contributed by atoms with Crippen LogP contribution >= 0.6 is 0 Å². The van der Waals surface area contributed by atoms with Crippen LogP contribution in [-0.4, -0.2) is 11.1 Å². The molecule has 0 bridgehead atoms. The number of ether oxygens (including phenoxy) is 1. The van der Waals surface area contributed by atoms with Gasteiger partial charge in [-0.05, 0) is 18.2 Å². The normalized spacial score (nSPS) is 21.5. The molecule has 1 aliphatic heterocycles. The lowest BCUT2D eigenvalue weighted by Gasteiger charge is -2.22. The van der Waals surface area contributed by atoms with E-state index < -0.39 is 0 Å². The monoisotopic (exact) mass is 297 g/mol. The number of para-hydroxylation sites is 2. The topological polar surface area (TPSA) is 22.1 Å². The van der Waals surface area contributed by atoms with E-state index in [1.54, 1.807) is 0 Å². The predicted molar refractivity (Wildman–Crippen MR) is 92.5 cm³/mol. The van der Waals surface area contributed by atoms with Crippen molar-refractivity contribution in [3.63, 3.8) is 0 Å². The molecule has 0 radical (unpaired) electrons. The van der Waals surface area contributed by atoms with Crippen molar-refractivity contribution in [3.05, 3.63) is 90.1 Å². The summed E-state index contributed by atoms with van der Waals surface area (Å²) in [6, 6.07) is 20.7. The first-order chi connectivity index (χ1) is 11.4. The molecule has 1 aliphatic carbocycles. The molecule has 0 saturated carbocycles. The molecule has 110 valence electrons. The molecule has 0 saturated heterocycles. The maximum atomic E-state index is 6.23. The molecular weight excluding hydrogens is 282 g/mol. The van der Waals surface area contributed by atoms with Gasteiger partial charge in [-0.15, -0.1) is 0 Å². The first-order valence-corrected chi connectivity index (χ1v) is 7.90. The van der Waals surface area contributed by atoms with Crippen LogP contribution in [-0.2, 0) is 0 Å². The van der Waals surface area contributed by atoms with Crippen molar-refractivity contribution in [1.82, 2.24) is 4.98 Å². The molecule has 2 nitrogen and oxygen atoms in total. The number of nitrogens with zero attached hydrogens (tertiary/aromatic N) is 1. The Bertz CT molecular complexity index is 970. The maximum Gasteiger partial charge on any atom is 0.136 e. The summed E-state index contributed by atoms with van der Waals surface area (Å²) >= 11 is 0. The molecule has 1 aromatic heterocycles. The minimum Gasteiger partial charge on any atom is -0.484 e. The van der Waals surface area contributed by atoms with Gasteiger partial charge >= 0.3 is 0 Å². The molecule has 0 N–H and O–H groups in total. The number of hydrogen-bond donors (Lipinski definition) is 0. The minimum absolute atomic E-state index is 0.0195. The van der Waals surface area contributed by atoms with E-state index in [1.807, 2.05) is 24.3 Å². The van der Waals surface area contributed by atoms with Gasteiger partial charge in [0.1, 0.15) is 11.9 Å². The summed E-state index contributed by atoms with van der Waals surface area (Å²) in [4.78, 5) is 4.84. The third-order valence-electron chi connectivity index (χ3n) is 4.65. The fourth-order valence-electron chi connectivity index (χ4n) is 3.53. The van der Waals surface area contributed by atoms with Gasteiger partial charge in [0.15, 0.2) is 0 Å². The second kappa shape index (κ2) is 4.82. The second-order valence-corrected chi connectivity index (χ2v) is 6.00. The first-order valence-electron chi connectivity index (χ1n) is 7.90. The van der Waals surface area contributed by atoms with Gasteiger partial charge < -0.3 is 4.74 Å². The molecule has 0 spiro atoms. The molecule has 2 atom stereocenters. The van der Waals surface area contributed by atoms with E-state index in [0.29, 0.717) is 0 Å². The van der Waals surface area contributed by atoms with Crippen molar-refractivity contribution in [1.29, 1.82) is 0 Å². The third-order valence-corrected chi connectivity index (χ3v) is 4.65. The highest BCUT2D eigenvalue weighted by atomic mass is 16.5. The molecule has 3 aromatic rings. The van der Waals surface area contributed by atoms with Crippen molar-refractivity contribution in [2.24, 2.45) is 0 Å². The Balaban J connectivity index is 1.61. The Morgan fingerprint density at radius 1 is 0.870 bits per heavy atom. The molecule has 2 unspecified atom stereocenters. The maximum absolute atomic E-state index is 6.23. The van der Waals surface area contributed by atoms with Gasteiger partial charge in [0.25, 0.3) is 0 Å². The number of rotatable bonds is 1. The van der Waals surface area contributed by atoms with Crippen LogP contribution in [0.1, 0.15) is 17.2 Å². The van der Waals surface area contributed by atoms with Crippen LogP contribution in [0, 0.1) is 0 Å². The molecular formula is C21H15NO. The Hall–Kier alpha value is -2.87. The SMILES string of the molecule is C1=CC2c3ccccc3OC2C(c2ccc3ccccc3n2)=C1. The van der Waals surface area contributed by atoms with Gasteiger partial charge in [-0.3, -0.25) is 0 Å². The van der Waals surface area contributed by atoms with Gasteiger partial charge in [0.05, 0.1) is 11.2 Å². The number of pyridine rings is 1. The molecule has 5 rings (SSSR count). The van der Waals surface area contributed by atoms with Gasteiger partial charge in [0.2, 0.25) is 0 Å². The lowest BCUT2D eigenvalue weighted by molar-refractivity contribution is 0.278. The first kappa shape index (κ1) is 12.7. The van der Waals surface area contributed by atoms with Crippen LogP contribution in [0.2, 0.25) is 0 Å². The van der Waals surface area contributed by atoms with E-state index in [2.05, 4.69) is 54.6 Å². The fourth-order valence-corrected chi connectivity index (χ4v) is 3.53. The van der Waals surface area contributed by atoms with Gasteiger partial charge in [-0.1, -0.05) is 60.7 Å². The van der Waals surface area contributed by atoms with Gasteiger partial charge in [-0.25, -0.2) is 4.98 Å². The summed E-state index contributed by atoms with van der Waals surface area (Å²) in [5.74, 6) is 1.26. The molecule has 2 aliphatic rings. The zero-order chi connectivity index (χ0) is 15.2. The third kappa shape index (κ3) is 1.92. The summed E-state index contributed by atoms with van der Waals surface area (Å²) in [5.41, 5.74) is 4.43. The van der Waals surface area contributed by atoms with Crippen LogP contribution in [0.25, 0.3) is 16.5 Å². The highest BCUT2D eigenvalue weighted by molar-refractivity contribution is 5.82. The minimum atomic E-state index is 0.0195. The molecule has 0 amide bonds. The highest BCUT2D eigenvalue weighted by Gasteiger charge is 2.37. The zero-order valence-electron chi connectivity index (χ0n) is 12.5. The molecule has 2 heterocycles. The Labute approximate surface area is 134 Å². The number of hydrogen-bond acceptors (Lipinski definition) is 2. The molecule has 2 aromatic carbocycles. The Morgan fingerprint density at radius 2 is 1.74 bits per heavy atom. The summed E-state index contributed by atoms with van der Waals surface area (Å²) in [5, 5.41) is 1.16. The van der Waals surface area contributed by atoms with E-state index in [1.165, 1.54) is 5.56 Å². The fraction of sp³-hybridized carbons (Fsp3) is 0.0952. The summed E-state index contributed by atoms with van der Waals surface area (Å²) in [6.45, 7) is 0. The summed E-state index contributed by atoms with van der Waals surface area (Å²) < 4.78 is 6.23. The smallest absolute Gasteiger partial charge is 0.136 e. The summed E-state index contributed by atoms with van der Waals surface area (Å²) in [6.07, 6.45) is 6.50. The number of benzene rings is 2. The number of aromatic nitrogens is 1. The van der Waals surface area contributed by atoms with E-state index in [9.17, 15) is 0 Å². The lowest BCUT2D eigenvalue weighted by Crippen LogP contribution is -2.22. The van der Waals surface area contributed by atoms with E-state index in [-0.39, 0.29) is 12.0 Å². The summed E-state index contributed by atoms with van der Waals surface area (Å²) in [7, 11) is 0. The molecule has 0 fully saturated rings. The average molecular weight is 297 g/mol. The number of allylic oxidation sites excluding steroid dienone is 2. The van der Waals surface area contributed by atoms with Gasteiger partial charge in [0, 0.05) is 22.4 Å². The van der Waals surface area contributed by atoms with Crippen LogP contribution in [0.15, 0.2) is 78.9 Å². The Morgan fingerprint density at radius 3 is 2.74 bits per heavy atom. The highest BCUT2D eigenvalue weighted by Crippen LogP contribution is 2.45. The van der Waals surface area contributed by atoms with Gasteiger partial charge in [-0.2, -0.15) is 0 Å². The van der Waals surface area contributed by atoms with E-state index in [0.717, 1.165) is 27.9 Å². The average Bonchev–Trinajstić information content (AvgIpc) is 3.00. The van der Waals surface area contributed by atoms with Crippen molar-refractivity contribution in [2.75, 3.05) is 0 Å². The molecule has 2 heteroatoms. The second-order valence-electron chi connectivity index (χ2n) is 6.00. The van der Waals surface area contributed by atoms with Crippen molar-refractivity contribution >= 4 is 16.5 Å².